The van der Waals surface area contributed by atoms with Gasteiger partial charge in [-0.25, -0.2) is 9.59 Å². The number of amides is 2. The van der Waals surface area contributed by atoms with E-state index < -0.39 is 41.3 Å². The molecule has 2 fully saturated rings. The maximum Gasteiger partial charge on any atom is 0.337 e. The smallest absolute Gasteiger partial charge is 0.337 e. The van der Waals surface area contributed by atoms with Crippen molar-refractivity contribution < 1.29 is 29.0 Å². The van der Waals surface area contributed by atoms with Crippen LogP contribution in [0.15, 0.2) is 54.6 Å². The monoisotopic (exact) mass is 450 g/mol. The van der Waals surface area contributed by atoms with Crippen LogP contribution in [-0.2, 0) is 24.7 Å². The highest BCUT2D eigenvalue weighted by Gasteiger charge is 2.69. The minimum absolute atomic E-state index is 0.264. The molecule has 33 heavy (non-hydrogen) atoms. The molecule has 8 nitrogen and oxygen atoms in total. The molecule has 0 aromatic heterocycles. The molecule has 2 heterocycles. The van der Waals surface area contributed by atoms with Gasteiger partial charge in [-0.3, -0.25) is 19.8 Å². The third kappa shape index (κ3) is 3.51. The quantitative estimate of drug-likeness (QED) is 0.492. The molecule has 2 aromatic rings. The summed E-state index contributed by atoms with van der Waals surface area (Å²) < 4.78 is 4.74. The number of hydrogen-bond acceptors (Lipinski definition) is 6. The first-order chi connectivity index (χ1) is 15.9. The Balaban J connectivity index is 1.84. The second kappa shape index (κ2) is 8.78. The molecule has 172 valence electrons. The zero-order valence-corrected chi connectivity index (χ0v) is 18.5. The zero-order valence-electron chi connectivity index (χ0n) is 18.5. The fourth-order valence-corrected chi connectivity index (χ4v) is 5.02. The largest absolute Gasteiger partial charge is 0.480 e. The lowest BCUT2D eigenvalue weighted by Crippen LogP contribution is -2.53. The van der Waals surface area contributed by atoms with Crippen LogP contribution in [-0.4, -0.2) is 47.4 Å². The molecule has 4 rings (SSSR count). The number of carboxylic acids is 1. The number of nitrogens with zero attached hydrogens (tertiary/aromatic N) is 1. The van der Waals surface area contributed by atoms with Crippen LogP contribution >= 0.6 is 0 Å². The number of carbonyl (C=O) groups excluding carboxylic acids is 3. The van der Waals surface area contributed by atoms with Crippen molar-refractivity contribution in [1.82, 2.24) is 10.2 Å². The van der Waals surface area contributed by atoms with Crippen LogP contribution in [0, 0.1) is 11.8 Å². The van der Waals surface area contributed by atoms with Gasteiger partial charge in [-0.1, -0.05) is 55.8 Å². The Hall–Kier alpha value is -3.52. The molecule has 4 atom stereocenters. The molecule has 2 amide bonds. The van der Waals surface area contributed by atoms with Crippen molar-refractivity contribution in [2.24, 2.45) is 11.8 Å². The number of aliphatic carboxylic acids is 1. The first-order valence-corrected chi connectivity index (χ1v) is 11.0. The summed E-state index contributed by atoms with van der Waals surface area (Å²) in [6.45, 7) is 2.23. The number of likely N-dealkylation sites (tertiary alicyclic amines) is 1. The van der Waals surface area contributed by atoms with Crippen LogP contribution in [0.25, 0.3) is 0 Å². The molecule has 0 saturated carbocycles. The summed E-state index contributed by atoms with van der Waals surface area (Å²) in [5.41, 5.74) is -0.387. The molecule has 2 aliphatic rings. The van der Waals surface area contributed by atoms with Gasteiger partial charge < -0.3 is 9.84 Å². The average Bonchev–Trinajstić information content (AvgIpc) is 3.32. The highest BCUT2D eigenvalue weighted by Crippen LogP contribution is 2.53. The number of carboxylic acid groups (broad SMARTS) is 1. The molecule has 2 saturated heterocycles. The number of rotatable bonds is 7. The van der Waals surface area contributed by atoms with Crippen LogP contribution in [0.1, 0.15) is 47.3 Å². The summed E-state index contributed by atoms with van der Waals surface area (Å²) in [5, 5.41) is 13.6. The van der Waals surface area contributed by atoms with Crippen molar-refractivity contribution in [1.29, 1.82) is 0 Å². The number of hydrogen-bond donors (Lipinski definition) is 2. The van der Waals surface area contributed by atoms with Crippen molar-refractivity contribution in [3.63, 3.8) is 0 Å². The summed E-state index contributed by atoms with van der Waals surface area (Å²) in [6, 6.07) is 14.3. The first kappa shape index (κ1) is 22.7. The molecule has 0 aliphatic carbocycles. The Labute approximate surface area is 191 Å². The maximum atomic E-state index is 13.5. The molecular weight excluding hydrogens is 424 g/mol. The van der Waals surface area contributed by atoms with Gasteiger partial charge in [-0.2, -0.15) is 0 Å². The predicted octanol–water partition coefficient (Wildman–Crippen LogP) is 2.50. The van der Waals surface area contributed by atoms with Gasteiger partial charge in [0.1, 0.15) is 0 Å². The molecule has 2 aromatic carbocycles. The molecule has 2 aliphatic heterocycles. The van der Waals surface area contributed by atoms with Gasteiger partial charge in [0.25, 0.3) is 0 Å². The summed E-state index contributed by atoms with van der Waals surface area (Å²) in [4.78, 5) is 52.8. The molecule has 0 radical (unpaired) electrons. The maximum absolute atomic E-state index is 13.5. The Morgan fingerprint density at radius 3 is 2.30 bits per heavy atom. The van der Waals surface area contributed by atoms with Crippen LogP contribution in [0.5, 0.6) is 0 Å². The summed E-state index contributed by atoms with van der Waals surface area (Å²) in [6.07, 6.45) is 1.44. The summed E-state index contributed by atoms with van der Waals surface area (Å²) >= 11 is 0. The van der Waals surface area contributed by atoms with Crippen molar-refractivity contribution in [3.05, 3.63) is 71.3 Å². The van der Waals surface area contributed by atoms with E-state index >= 15 is 0 Å². The van der Waals surface area contributed by atoms with Crippen molar-refractivity contribution in [2.75, 3.05) is 13.7 Å². The lowest BCUT2D eigenvalue weighted by atomic mass is 9.75. The Morgan fingerprint density at radius 2 is 1.73 bits per heavy atom. The van der Waals surface area contributed by atoms with Crippen LogP contribution in [0.3, 0.4) is 0 Å². The van der Waals surface area contributed by atoms with Gasteiger partial charge in [-0.15, -0.1) is 0 Å². The third-order valence-electron chi connectivity index (χ3n) is 6.64. The number of carbonyl (C=O) groups is 4. The van der Waals surface area contributed by atoms with Crippen LogP contribution < -0.4 is 5.32 Å². The fraction of sp³-hybridized carbons (Fsp3) is 0.360. The molecule has 2 N–H and O–H groups in total. The standard InChI is InChI=1S/C25H26N2O6/c1-3-4-14-27-21(28)18-19(22(27)29)25(24(31)32,17-8-6-5-7-9-17)26-20(18)15-10-12-16(13-11-15)23(30)33-2/h5-13,18-20,26H,3-4,14H2,1-2H3,(H,31,32). The zero-order chi connectivity index (χ0) is 23.8. The van der Waals surface area contributed by atoms with Gasteiger partial charge in [0.2, 0.25) is 11.8 Å². The first-order valence-electron chi connectivity index (χ1n) is 11.0. The lowest BCUT2D eigenvalue weighted by molar-refractivity contribution is -0.152. The number of methoxy groups -OCH3 is 1. The summed E-state index contributed by atoms with van der Waals surface area (Å²) in [7, 11) is 1.29. The number of ether oxygens (including phenoxy) is 1. The Kier molecular flexibility index (Phi) is 6.03. The second-order valence-corrected chi connectivity index (χ2v) is 8.40. The Morgan fingerprint density at radius 1 is 1.06 bits per heavy atom. The normalized spacial score (nSPS) is 26.4. The topological polar surface area (TPSA) is 113 Å². The number of nitrogens with one attached hydrogen (secondary N) is 1. The fourth-order valence-electron chi connectivity index (χ4n) is 5.02. The van der Waals surface area contributed by atoms with E-state index in [0.29, 0.717) is 23.1 Å². The van der Waals surface area contributed by atoms with E-state index in [-0.39, 0.29) is 12.5 Å². The molecular formula is C25H26N2O6. The van der Waals surface area contributed by atoms with E-state index in [1.165, 1.54) is 12.0 Å². The predicted molar refractivity (Wildman–Crippen MR) is 118 cm³/mol. The van der Waals surface area contributed by atoms with Gasteiger partial charge in [0.15, 0.2) is 5.54 Å². The number of esters is 1. The lowest BCUT2D eigenvalue weighted by Gasteiger charge is -2.31. The van der Waals surface area contributed by atoms with E-state index in [1.807, 2.05) is 6.92 Å². The highest BCUT2D eigenvalue weighted by atomic mass is 16.5. The second-order valence-electron chi connectivity index (χ2n) is 8.40. The molecule has 4 unspecified atom stereocenters. The minimum Gasteiger partial charge on any atom is -0.480 e. The van der Waals surface area contributed by atoms with Crippen molar-refractivity contribution >= 4 is 23.8 Å². The van der Waals surface area contributed by atoms with E-state index in [4.69, 9.17) is 4.74 Å². The van der Waals surface area contributed by atoms with Gasteiger partial charge in [0.05, 0.1) is 24.5 Å². The third-order valence-corrected chi connectivity index (χ3v) is 6.64. The van der Waals surface area contributed by atoms with Crippen LogP contribution in [0.4, 0.5) is 0 Å². The van der Waals surface area contributed by atoms with Gasteiger partial charge in [-0.05, 0) is 29.7 Å². The average molecular weight is 450 g/mol. The van der Waals surface area contributed by atoms with E-state index in [2.05, 4.69) is 5.32 Å². The van der Waals surface area contributed by atoms with Crippen LogP contribution in [0.2, 0.25) is 0 Å². The minimum atomic E-state index is -1.76. The van der Waals surface area contributed by atoms with Crippen molar-refractivity contribution in [3.8, 4) is 0 Å². The number of fused-ring (bicyclic) bond motifs is 1. The SMILES string of the molecule is CCCCN1C(=O)C2C(c3ccc(C(=O)OC)cc3)NC(C(=O)O)(c3ccccc3)C2C1=O. The van der Waals surface area contributed by atoms with Gasteiger partial charge in [0, 0.05) is 12.6 Å². The molecule has 0 bridgehead atoms. The number of imide groups is 1. The van der Waals surface area contributed by atoms with E-state index in [0.717, 1.165) is 6.42 Å². The summed E-state index contributed by atoms with van der Waals surface area (Å²) in [5.74, 6) is -4.52. The van der Waals surface area contributed by atoms with Crippen molar-refractivity contribution in [2.45, 2.75) is 31.3 Å². The van der Waals surface area contributed by atoms with E-state index in [1.54, 1.807) is 54.6 Å². The molecule has 0 spiro atoms. The molecule has 8 heteroatoms. The Bertz CT molecular complexity index is 1080. The van der Waals surface area contributed by atoms with E-state index in [9.17, 15) is 24.3 Å². The van der Waals surface area contributed by atoms with Gasteiger partial charge >= 0.3 is 11.9 Å². The number of unbranched alkanes of at least 4 members (excludes halogenated alkanes) is 1. The number of benzene rings is 2. The highest BCUT2D eigenvalue weighted by molar-refractivity contribution is 6.09.